The highest BCUT2D eigenvalue weighted by Gasteiger charge is 2.41. The van der Waals surface area contributed by atoms with Gasteiger partial charge in [-0.05, 0) is 49.3 Å². The number of nitrogens with one attached hydrogen (secondary N) is 1. The minimum Gasteiger partial charge on any atom is -0.396 e. The van der Waals surface area contributed by atoms with Crippen LogP contribution in [0.3, 0.4) is 0 Å². The van der Waals surface area contributed by atoms with Gasteiger partial charge in [-0.25, -0.2) is 4.39 Å². The standard InChI is InChI=1S/C19H28FNO3/c1-2-3-15(8-11-22)14-21-18(23)19(9-12-24-13-10-19)16-4-6-17(20)7-5-16/h4-7,15,22H,2-3,8-14H2,1H3,(H,21,23). The van der Waals surface area contributed by atoms with Gasteiger partial charge in [-0.2, -0.15) is 0 Å². The van der Waals surface area contributed by atoms with E-state index in [1.54, 1.807) is 12.1 Å². The summed E-state index contributed by atoms with van der Waals surface area (Å²) in [5.41, 5.74) is 0.195. The number of carbonyl (C=O) groups excluding carboxylic acids is 1. The predicted molar refractivity (Wildman–Crippen MR) is 91.2 cm³/mol. The van der Waals surface area contributed by atoms with Gasteiger partial charge < -0.3 is 15.2 Å². The molecule has 0 aliphatic carbocycles. The third-order valence-electron chi connectivity index (χ3n) is 4.96. The molecule has 1 heterocycles. The summed E-state index contributed by atoms with van der Waals surface area (Å²) in [5.74, 6) is -0.0298. The molecule has 0 aromatic heterocycles. The van der Waals surface area contributed by atoms with Crippen molar-refractivity contribution in [1.82, 2.24) is 5.32 Å². The third kappa shape index (κ3) is 4.54. The van der Waals surface area contributed by atoms with E-state index < -0.39 is 5.41 Å². The number of aliphatic hydroxyl groups excluding tert-OH is 1. The van der Waals surface area contributed by atoms with E-state index in [4.69, 9.17) is 9.84 Å². The van der Waals surface area contributed by atoms with Gasteiger partial charge in [0.25, 0.3) is 0 Å². The number of carbonyl (C=O) groups is 1. The Kier molecular flexibility index (Phi) is 7.18. The third-order valence-corrected chi connectivity index (χ3v) is 4.96. The monoisotopic (exact) mass is 337 g/mol. The van der Waals surface area contributed by atoms with Crippen molar-refractivity contribution in [3.8, 4) is 0 Å². The normalized spacial score (nSPS) is 18.1. The van der Waals surface area contributed by atoms with E-state index in [2.05, 4.69) is 12.2 Å². The van der Waals surface area contributed by atoms with Crippen molar-refractivity contribution in [2.75, 3.05) is 26.4 Å². The summed E-state index contributed by atoms with van der Waals surface area (Å²) in [5, 5.41) is 12.2. The van der Waals surface area contributed by atoms with Crippen molar-refractivity contribution in [3.05, 3.63) is 35.6 Å². The van der Waals surface area contributed by atoms with Gasteiger partial charge in [0.15, 0.2) is 0 Å². The maximum absolute atomic E-state index is 13.3. The molecule has 1 aromatic carbocycles. The second-order valence-electron chi connectivity index (χ2n) is 6.58. The van der Waals surface area contributed by atoms with Crippen LogP contribution in [0.15, 0.2) is 24.3 Å². The fourth-order valence-corrected chi connectivity index (χ4v) is 3.48. The Morgan fingerprint density at radius 3 is 2.54 bits per heavy atom. The molecule has 4 nitrogen and oxygen atoms in total. The molecule has 1 fully saturated rings. The van der Waals surface area contributed by atoms with Crippen molar-refractivity contribution in [1.29, 1.82) is 0 Å². The second-order valence-corrected chi connectivity index (χ2v) is 6.58. The maximum Gasteiger partial charge on any atom is 0.230 e. The van der Waals surface area contributed by atoms with Crippen LogP contribution < -0.4 is 5.32 Å². The van der Waals surface area contributed by atoms with Crippen LogP contribution in [0.2, 0.25) is 0 Å². The largest absolute Gasteiger partial charge is 0.396 e. The van der Waals surface area contributed by atoms with E-state index in [1.165, 1.54) is 12.1 Å². The number of aliphatic hydroxyl groups is 1. The van der Waals surface area contributed by atoms with Crippen LogP contribution in [0.25, 0.3) is 0 Å². The molecule has 0 saturated carbocycles. The summed E-state index contributed by atoms with van der Waals surface area (Å²) in [4.78, 5) is 13.0. The first-order valence-electron chi connectivity index (χ1n) is 8.85. The van der Waals surface area contributed by atoms with E-state index in [0.717, 1.165) is 18.4 Å². The average molecular weight is 337 g/mol. The molecule has 0 radical (unpaired) electrons. The summed E-state index contributed by atoms with van der Waals surface area (Å²) >= 11 is 0. The van der Waals surface area contributed by atoms with Gasteiger partial charge in [0.05, 0.1) is 5.41 Å². The van der Waals surface area contributed by atoms with Crippen LogP contribution in [0.1, 0.15) is 44.6 Å². The van der Waals surface area contributed by atoms with E-state index in [9.17, 15) is 9.18 Å². The SMILES string of the molecule is CCCC(CCO)CNC(=O)C1(c2ccc(F)cc2)CCOCC1. The van der Waals surface area contributed by atoms with Crippen molar-refractivity contribution < 1.29 is 19.0 Å². The molecule has 134 valence electrons. The molecule has 2 rings (SSSR count). The van der Waals surface area contributed by atoms with Gasteiger partial charge >= 0.3 is 0 Å². The number of benzene rings is 1. The number of hydrogen-bond donors (Lipinski definition) is 2. The predicted octanol–water partition coefficient (Wildman–Crippen LogP) is 2.79. The molecular formula is C19H28FNO3. The molecule has 0 bridgehead atoms. The maximum atomic E-state index is 13.3. The van der Waals surface area contributed by atoms with Crippen molar-refractivity contribution in [2.45, 2.75) is 44.4 Å². The summed E-state index contributed by atoms with van der Waals surface area (Å²) < 4.78 is 18.7. The summed E-state index contributed by atoms with van der Waals surface area (Å²) in [6.45, 7) is 3.86. The zero-order valence-electron chi connectivity index (χ0n) is 14.4. The zero-order chi connectivity index (χ0) is 17.4. The van der Waals surface area contributed by atoms with Gasteiger partial charge in [0.2, 0.25) is 5.91 Å². The first-order valence-corrected chi connectivity index (χ1v) is 8.85. The molecular weight excluding hydrogens is 309 g/mol. The summed E-state index contributed by atoms with van der Waals surface area (Å²) in [7, 11) is 0. The van der Waals surface area contributed by atoms with E-state index in [0.29, 0.717) is 39.0 Å². The van der Waals surface area contributed by atoms with Crippen molar-refractivity contribution in [2.24, 2.45) is 5.92 Å². The topological polar surface area (TPSA) is 58.6 Å². The van der Waals surface area contributed by atoms with E-state index >= 15 is 0 Å². The van der Waals surface area contributed by atoms with Crippen LogP contribution in [0.4, 0.5) is 4.39 Å². The molecule has 1 aromatic rings. The molecule has 1 saturated heterocycles. The van der Waals surface area contributed by atoms with Crippen molar-refractivity contribution >= 4 is 5.91 Å². The molecule has 5 heteroatoms. The van der Waals surface area contributed by atoms with E-state index in [1.807, 2.05) is 0 Å². The Labute approximate surface area is 143 Å². The van der Waals surface area contributed by atoms with Gasteiger partial charge in [0, 0.05) is 26.4 Å². The smallest absolute Gasteiger partial charge is 0.230 e. The number of ether oxygens (including phenoxy) is 1. The zero-order valence-corrected chi connectivity index (χ0v) is 14.4. The Bertz CT molecular complexity index is 506. The minimum atomic E-state index is -0.651. The number of rotatable bonds is 8. The van der Waals surface area contributed by atoms with Gasteiger partial charge in [-0.3, -0.25) is 4.79 Å². The fraction of sp³-hybridized carbons (Fsp3) is 0.632. The lowest BCUT2D eigenvalue weighted by Gasteiger charge is -2.36. The number of halogens is 1. The highest BCUT2D eigenvalue weighted by atomic mass is 19.1. The first kappa shape index (κ1) is 18.9. The second kappa shape index (κ2) is 9.14. The molecule has 1 aliphatic rings. The molecule has 1 unspecified atom stereocenters. The highest BCUT2D eigenvalue weighted by molar-refractivity contribution is 5.88. The lowest BCUT2D eigenvalue weighted by molar-refractivity contribution is -0.130. The Morgan fingerprint density at radius 2 is 1.96 bits per heavy atom. The first-order chi connectivity index (χ1) is 11.6. The molecule has 2 N–H and O–H groups in total. The molecule has 1 amide bonds. The van der Waals surface area contributed by atoms with Crippen LogP contribution in [0.5, 0.6) is 0 Å². The van der Waals surface area contributed by atoms with Crippen LogP contribution in [-0.2, 0) is 14.9 Å². The van der Waals surface area contributed by atoms with Gasteiger partial charge in [0.1, 0.15) is 5.82 Å². The Morgan fingerprint density at radius 1 is 1.29 bits per heavy atom. The molecule has 1 aliphatic heterocycles. The lowest BCUT2D eigenvalue weighted by Crippen LogP contribution is -2.49. The molecule has 24 heavy (non-hydrogen) atoms. The van der Waals surface area contributed by atoms with Crippen molar-refractivity contribution in [3.63, 3.8) is 0 Å². The highest BCUT2D eigenvalue weighted by Crippen LogP contribution is 2.35. The number of hydrogen-bond acceptors (Lipinski definition) is 3. The molecule has 0 spiro atoms. The minimum absolute atomic E-state index is 0.0172. The van der Waals surface area contributed by atoms with Crippen LogP contribution in [-0.4, -0.2) is 37.4 Å². The van der Waals surface area contributed by atoms with Gasteiger partial charge in [-0.15, -0.1) is 0 Å². The van der Waals surface area contributed by atoms with Gasteiger partial charge in [-0.1, -0.05) is 25.5 Å². The van der Waals surface area contributed by atoms with Crippen LogP contribution >= 0.6 is 0 Å². The summed E-state index contributed by atoms with van der Waals surface area (Å²) in [6.07, 6.45) is 3.90. The molecule has 1 atom stereocenters. The van der Waals surface area contributed by atoms with E-state index in [-0.39, 0.29) is 24.2 Å². The quantitative estimate of drug-likeness (QED) is 0.767. The number of amides is 1. The Balaban J connectivity index is 2.12. The lowest BCUT2D eigenvalue weighted by atomic mass is 9.73. The van der Waals surface area contributed by atoms with Crippen LogP contribution in [0, 0.1) is 11.7 Å². The average Bonchev–Trinajstić information content (AvgIpc) is 2.61. The summed E-state index contributed by atoms with van der Waals surface area (Å²) in [6, 6.07) is 6.23. The Hall–Kier alpha value is -1.46. The fourth-order valence-electron chi connectivity index (χ4n) is 3.48.